The molecule has 0 saturated heterocycles. The van der Waals surface area contributed by atoms with Crippen LogP contribution in [0.2, 0.25) is 0 Å². The van der Waals surface area contributed by atoms with Crippen LogP contribution in [0.15, 0.2) is 22.8 Å². The second-order valence-electron chi connectivity index (χ2n) is 1.72. The van der Waals surface area contributed by atoms with Crippen molar-refractivity contribution in [1.82, 2.24) is 0 Å². The van der Waals surface area contributed by atoms with E-state index in [2.05, 4.69) is 0 Å². The van der Waals surface area contributed by atoms with Crippen LogP contribution in [0.3, 0.4) is 0 Å². The summed E-state index contributed by atoms with van der Waals surface area (Å²) in [5.74, 6) is 0.303. The Bertz CT molecular complexity index is 162. The molecule has 50 valence electrons. The molecule has 0 aliphatic rings. The Balaban J connectivity index is 2.65. The summed E-state index contributed by atoms with van der Waals surface area (Å²) in [4.78, 5) is 0. The molecule has 0 fully saturated rings. The smallest absolute Gasteiger partial charge is 0.170 e. The fraction of sp³-hybridized carbons (Fsp3) is 0.333. The quantitative estimate of drug-likeness (QED) is 0.652. The summed E-state index contributed by atoms with van der Waals surface area (Å²) in [6, 6.07) is 3.20. The van der Waals surface area contributed by atoms with Crippen LogP contribution in [-0.4, -0.2) is 6.54 Å². The van der Waals surface area contributed by atoms with Crippen LogP contribution in [0, 0.1) is 0 Å². The SMILES string of the molecule is NC[C@H](F)c1ccco1. The summed E-state index contributed by atoms with van der Waals surface area (Å²) >= 11 is 0. The van der Waals surface area contributed by atoms with Crippen LogP contribution in [0.25, 0.3) is 0 Å². The van der Waals surface area contributed by atoms with Gasteiger partial charge in [-0.3, -0.25) is 0 Å². The van der Waals surface area contributed by atoms with E-state index in [1.165, 1.54) is 6.26 Å². The highest BCUT2D eigenvalue weighted by atomic mass is 19.1. The van der Waals surface area contributed by atoms with E-state index < -0.39 is 6.17 Å². The first-order chi connectivity index (χ1) is 4.34. The summed E-state index contributed by atoms with van der Waals surface area (Å²) < 4.78 is 17.2. The molecule has 2 nitrogen and oxygen atoms in total. The monoisotopic (exact) mass is 129 g/mol. The highest BCUT2D eigenvalue weighted by molar-refractivity contribution is 5.01. The molecule has 0 aliphatic heterocycles. The van der Waals surface area contributed by atoms with E-state index in [9.17, 15) is 4.39 Å². The predicted octanol–water partition coefficient (Wildman–Crippen LogP) is 1.25. The molecule has 0 bridgehead atoms. The second-order valence-corrected chi connectivity index (χ2v) is 1.72. The lowest BCUT2D eigenvalue weighted by atomic mass is 10.3. The van der Waals surface area contributed by atoms with Gasteiger partial charge in [0.1, 0.15) is 5.76 Å². The van der Waals surface area contributed by atoms with Crippen LogP contribution in [0.5, 0.6) is 0 Å². The fourth-order valence-corrected chi connectivity index (χ4v) is 0.586. The molecular formula is C6H8FNO. The number of hydrogen-bond acceptors (Lipinski definition) is 2. The zero-order valence-electron chi connectivity index (χ0n) is 4.88. The number of rotatable bonds is 2. The van der Waals surface area contributed by atoms with Crippen LogP contribution in [-0.2, 0) is 0 Å². The summed E-state index contributed by atoms with van der Waals surface area (Å²) in [6.07, 6.45) is 0.275. The highest BCUT2D eigenvalue weighted by Gasteiger charge is 2.08. The third-order valence-corrected chi connectivity index (χ3v) is 1.06. The van der Waals surface area contributed by atoms with Gasteiger partial charge in [-0.05, 0) is 12.1 Å². The highest BCUT2D eigenvalue weighted by Crippen LogP contribution is 2.14. The first-order valence-electron chi connectivity index (χ1n) is 2.72. The lowest BCUT2D eigenvalue weighted by Crippen LogP contribution is -2.06. The minimum Gasteiger partial charge on any atom is -0.466 e. The predicted molar refractivity (Wildman–Crippen MR) is 31.6 cm³/mol. The average Bonchev–Trinajstić information content (AvgIpc) is 2.37. The molecule has 0 aromatic carbocycles. The van der Waals surface area contributed by atoms with Gasteiger partial charge in [0.25, 0.3) is 0 Å². The first kappa shape index (κ1) is 6.29. The molecule has 1 rings (SSSR count). The van der Waals surface area contributed by atoms with Crippen molar-refractivity contribution in [2.75, 3.05) is 6.54 Å². The van der Waals surface area contributed by atoms with Gasteiger partial charge in [-0.25, -0.2) is 4.39 Å². The van der Waals surface area contributed by atoms with Crippen molar-refractivity contribution in [3.8, 4) is 0 Å². The molecule has 1 atom stereocenters. The molecule has 9 heavy (non-hydrogen) atoms. The zero-order valence-corrected chi connectivity index (χ0v) is 4.88. The third kappa shape index (κ3) is 1.29. The van der Waals surface area contributed by atoms with Crippen LogP contribution in [0.1, 0.15) is 11.9 Å². The molecule has 0 aliphatic carbocycles. The van der Waals surface area contributed by atoms with Crippen molar-refractivity contribution in [2.45, 2.75) is 6.17 Å². The van der Waals surface area contributed by atoms with Gasteiger partial charge in [0.15, 0.2) is 6.17 Å². The van der Waals surface area contributed by atoms with Gasteiger partial charge in [-0.1, -0.05) is 0 Å². The Hall–Kier alpha value is -0.830. The van der Waals surface area contributed by atoms with Crippen molar-refractivity contribution in [1.29, 1.82) is 0 Å². The molecule has 2 N–H and O–H groups in total. The lowest BCUT2D eigenvalue weighted by molar-refractivity contribution is 0.294. The standard InChI is InChI=1S/C6H8FNO/c7-5(4-8)6-2-1-3-9-6/h1-3,5H,4,8H2/t5-/m0/s1. The number of furan rings is 1. The number of nitrogens with two attached hydrogens (primary N) is 1. The van der Waals surface area contributed by atoms with Crippen molar-refractivity contribution in [3.05, 3.63) is 24.2 Å². The Morgan fingerprint density at radius 3 is 3.00 bits per heavy atom. The number of halogens is 1. The molecule has 0 spiro atoms. The molecule has 1 heterocycles. The maximum Gasteiger partial charge on any atom is 0.170 e. The molecule has 0 unspecified atom stereocenters. The summed E-state index contributed by atoms with van der Waals surface area (Å²) in [5.41, 5.74) is 5.03. The Morgan fingerprint density at radius 1 is 1.78 bits per heavy atom. The molecule has 0 saturated carbocycles. The van der Waals surface area contributed by atoms with Gasteiger partial charge in [0.2, 0.25) is 0 Å². The van der Waals surface area contributed by atoms with Gasteiger partial charge < -0.3 is 10.2 Å². The summed E-state index contributed by atoms with van der Waals surface area (Å²) in [5, 5.41) is 0. The number of hydrogen-bond donors (Lipinski definition) is 1. The Labute approximate surface area is 52.5 Å². The van der Waals surface area contributed by atoms with E-state index >= 15 is 0 Å². The normalized spacial score (nSPS) is 13.6. The van der Waals surface area contributed by atoms with E-state index in [1.54, 1.807) is 12.1 Å². The van der Waals surface area contributed by atoms with Crippen molar-refractivity contribution < 1.29 is 8.81 Å². The van der Waals surface area contributed by atoms with Crippen LogP contribution >= 0.6 is 0 Å². The van der Waals surface area contributed by atoms with Gasteiger partial charge in [-0.2, -0.15) is 0 Å². The van der Waals surface area contributed by atoms with E-state index in [-0.39, 0.29) is 6.54 Å². The maximum absolute atomic E-state index is 12.5. The zero-order chi connectivity index (χ0) is 6.69. The van der Waals surface area contributed by atoms with Crippen molar-refractivity contribution >= 4 is 0 Å². The van der Waals surface area contributed by atoms with Gasteiger partial charge in [0.05, 0.1) is 6.26 Å². The molecular weight excluding hydrogens is 121 g/mol. The molecule has 0 amide bonds. The van der Waals surface area contributed by atoms with E-state index in [0.717, 1.165) is 0 Å². The fourth-order valence-electron chi connectivity index (χ4n) is 0.586. The van der Waals surface area contributed by atoms with Gasteiger partial charge in [0, 0.05) is 6.54 Å². The van der Waals surface area contributed by atoms with E-state index in [0.29, 0.717) is 5.76 Å². The lowest BCUT2D eigenvalue weighted by Gasteiger charge is -1.97. The average molecular weight is 129 g/mol. The van der Waals surface area contributed by atoms with Crippen molar-refractivity contribution in [3.63, 3.8) is 0 Å². The number of alkyl halides is 1. The maximum atomic E-state index is 12.5. The summed E-state index contributed by atoms with van der Waals surface area (Å²) in [7, 11) is 0. The minimum absolute atomic E-state index is 0.0203. The summed E-state index contributed by atoms with van der Waals surface area (Å²) in [6.45, 7) is -0.0203. The molecule has 1 aromatic heterocycles. The first-order valence-corrected chi connectivity index (χ1v) is 2.72. The molecule has 1 aromatic rings. The van der Waals surface area contributed by atoms with Crippen LogP contribution in [0.4, 0.5) is 4.39 Å². The van der Waals surface area contributed by atoms with E-state index in [4.69, 9.17) is 10.2 Å². The van der Waals surface area contributed by atoms with Crippen molar-refractivity contribution in [2.24, 2.45) is 5.73 Å². The molecule has 0 radical (unpaired) electrons. The van der Waals surface area contributed by atoms with E-state index in [1.807, 2.05) is 0 Å². The largest absolute Gasteiger partial charge is 0.466 e. The Morgan fingerprint density at radius 2 is 2.56 bits per heavy atom. The minimum atomic E-state index is -1.15. The van der Waals surface area contributed by atoms with Gasteiger partial charge in [-0.15, -0.1) is 0 Å². The Kier molecular flexibility index (Phi) is 1.85. The second kappa shape index (κ2) is 2.64. The third-order valence-electron chi connectivity index (χ3n) is 1.06. The molecule has 3 heteroatoms. The topological polar surface area (TPSA) is 39.2 Å². The van der Waals surface area contributed by atoms with Crippen LogP contribution < -0.4 is 5.73 Å². The van der Waals surface area contributed by atoms with Gasteiger partial charge >= 0.3 is 0 Å².